The number of piperazine rings is 1. The van der Waals surface area contributed by atoms with Crippen molar-refractivity contribution in [2.24, 2.45) is 0 Å². The van der Waals surface area contributed by atoms with E-state index >= 15 is 0 Å². The fraction of sp³-hybridized carbons (Fsp3) is 0.381. The molecule has 0 radical (unpaired) electrons. The molecular weight excluding hydrogens is 336 g/mol. The van der Waals surface area contributed by atoms with Crippen LogP contribution in [0.25, 0.3) is 0 Å². The molecule has 6 heteroatoms. The number of tetrazole rings is 1. The maximum atomic E-state index is 4.45. The Bertz CT molecular complexity index is 850. The maximum Gasteiger partial charge on any atom is 0.173 e. The summed E-state index contributed by atoms with van der Waals surface area (Å²) in [5, 5.41) is 12.8. The molecule has 0 N–H and O–H groups in total. The molecule has 4 rings (SSSR count). The first-order valence-electron chi connectivity index (χ1n) is 9.50. The first-order valence-corrected chi connectivity index (χ1v) is 9.50. The first kappa shape index (κ1) is 17.8. The molecule has 1 unspecified atom stereocenters. The van der Waals surface area contributed by atoms with Gasteiger partial charge in [0.1, 0.15) is 0 Å². The van der Waals surface area contributed by atoms with Crippen molar-refractivity contribution in [3.05, 3.63) is 77.1 Å². The van der Waals surface area contributed by atoms with Gasteiger partial charge in [0.25, 0.3) is 0 Å². The zero-order valence-electron chi connectivity index (χ0n) is 16.0. The Kier molecular flexibility index (Phi) is 5.27. The third kappa shape index (κ3) is 4.07. The van der Waals surface area contributed by atoms with Crippen molar-refractivity contribution in [1.29, 1.82) is 0 Å². The highest BCUT2D eigenvalue weighted by atomic mass is 15.6. The van der Waals surface area contributed by atoms with Crippen LogP contribution in [0, 0.1) is 6.92 Å². The minimum absolute atomic E-state index is 0.0676. The second-order valence-corrected chi connectivity index (χ2v) is 7.33. The third-order valence-corrected chi connectivity index (χ3v) is 5.28. The van der Waals surface area contributed by atoms with Gasteiger partial charge in [0.05, 0.1) is 12.6 Å². The number of nitrogens with zero attached hydrogens (tertiary/aromatic N) is 6. The molecule has 1 aromatic heterocycles. The molecule has 1 fully saturated rings. The lowest BCUT2D eigenvalue weighted by atomic mass is 10.0. The van der Waals surface area contributed by atoms with E-state index in [9.17, 15) is 0 Å². The standard InChI is InChI=1S/C21H26N6/c1-17-8-10-19(11-9-17)20(26-14-12-25(2)13-15-26)21-22-23-24-27(21)16-18-6-4-3-5-7-18/h3-11,20H,12-16H2,1-2H3. The van der Waals surface area contributed by atoms with Crippen LogP contribution in [0.3, 0.4) is 0 Å². The van der Waals surface area contributed by atoms with Crippen LogP contribution in [0.4, 0.5) is 0 Å². The quantitative estimate of drug-likeness (QED) is 0.697. The van der Waals surface area contributed by atoms with Crippen molar-refractivity contribution in [2.45, 2.75) is 19.5 Å². The fourth-order valence-corrected chi connectivity index (χ4v) is 3.63. The zero-order chi connectivity index (χ0) is 18.6. The summed E-state index contributed by atoms with van der Waals surface area (Å²) in [6, 6.07) is 19.2. The first-order chi connectivity index (χ1) is 13.2. The SMILES string of the molecule is Cc1ccc(C(c2nnnn2Cc2ccccc2)N2CCN(C)CC2)cc1. The predicted molar refractivity (Wildman–Crippen MR) is 105 cm³/mol. The number of benzene rings is 2. The summed E-state index contributed by atoms with van der Waals surface area (Å²) in [4.78, 5) is 4.87. The van der Waals surface area contributed by atoms with Crippen molar-refractivity contribution in [3.8, 4) is 0 Å². The second kappa shape index (κ2) is 7.98. The van der Waals surface area contributed by atoms with Crippen molar-refractivity contribution >= 4 is 0 Å². The summed E-state index contributed by atoms with van der Waals surface area (Å²) in [6.45, 7) is 6.93. The summed E-state index contributed by atoms with van der Waals surface area (Å²) in [5.41, 5.74) is 3.71. The minimum Gasteiger partial charge on any atom is -0.304 e. The zero-order valence-corrected chi connectivity index (χ0v) is 16.0. The Morgan fingerprint density at radius 1 is 0.926 bits per heavy atom. The van der Waals surface area contributed by atoms with E-state index in [1.165, 1.54) is 16.7 Å². The normalized spacial score (nSPS) is 17.1. The van der Waals surface area contributed by atoms with E-state index in [2.05, 4.69) is 87.8 Å². The Labute approximate surface area is 160 Å². The number of hydrogen-bond acceptors (Lipinski definition) is 5. The van der Waals surface area contributed by atoms with Gasteiger partial charge in [-0.3, -0.25) is 4.90 Å². The lowest BCUT2D eigenvalue weighted by Crippen LogP contribution is -2.46. The summed E-state index contributed by atoms with van der Waals surface area (Å²) in [5.74, 6) is 0.909. The summed E-state index contributed by atoms with van der Waals surface area (Å²) in [6.07, 6.45) is 0. The molecule has 1 saturated heterocycles. The Morgan fingerprint density at radius 3 is 2.33 bits per heavy atom. The van der Waals surface area contributed by atoms with Crippen LogP contribution in [0.1, 0.15) is 28.6 Å². The molecule has 0 aliphatic carbocycles. The minimum atomic E-state index is 0.0676. The molecular formula is C21H26N6. The molecule has 1 atom stereocenters. The van der Waals surface area contributed by atoms with Gasteiger partial charge in [-0.2, -0.15) is 0 Å². The summed E-state index contributed by atoms with van der Waals surface area (Å²) in [7, 11) is 2.18. The average Bonchev–Trinajstić information content (AvgIpc) is 3.13. The number of rotatable bonds is 5. The Balaban J connectivity index is 1.69. The summed E-state index contributed by atoms with van der Waals surface area (Å²) >= 11 is 0. The van der Waals surface area contributed by atoms with Crippen LogP contribution in [-0.4, -0.2) is 63.2 Å². The highest BCUT2D eigenvalue weighted by Gasteiger charge is 2.29. The smallest absolute Gasteiger partial charge is 0.173 e. The van der Waals surface area contributed by atoms with Gasteiger partial charge in [0, 0.05) is 26.2 Å². The van der Waals surface area contributed by atoms with Crippen molar-refractivity contribution in [1.82, 2.24) is 30.0 Å². The number of hydrogen-bond donors (Lipinski definition) is 0. The predicted octanol–water partition coefficient (Wildman–Crippen LogP) is 2.37. The van der Waals surface area contributed by atoms with E-state index in [1.807, 2.05) is 10.7 Å². The lowest BCUT2D eigenvalue weighted by molar-refractivity contribution is 0.121. The van der Waals surface area contributed by atoms with Crippen LogP contribution < -0.4 is 0 Å². The van der Waals surface area contributed by atoms with Crippen molar-refractivity contribution < 1.29 is 0 Å². The topological polar surface area (TPSA) is 50.1 Å². The Morgan fingerprint density at radius 2 is 1.63 bits per heavy atom. The molecule has 3 aromatic rings. The third-order valence-electron chi connectivity index (χ3n) is 5.28. The van der Waals surface area contributed by atoms with E-state index in [1.54, 1.807) is 0 Å². The molecule has 6 nitrogen and oxygen atoms in total. The Hall–Kier alpha value is -2.57. The van der Waals surface area contributed by atoms with Gasteiger partial charge in [0.15, 0.2) is 5.82 Å². The molecule has 1 aliphatic rings. The van der Waals surface area contributed by atoms with Gasteiger partial charge in [-0.25, -0.2) is 4.68 Å². The molecule has 1 aliphatic heterocycles. The number of aryl methyl sites for hydroxylation is 1. The highest BCUT2D eigenvalue weighted by molar-refractivity contribution is 5.28. The van der Waals surface area contributed by atoms with Gasteiger partial charge < -0.3 is 4.90 Å². The van der Waals surface area contributed by atoms with Gasteiger partial charge in [-0.1, -0.05) is 60.2 Å². The monoisotopic (exact) mass is 362 g/mol. The van der Waals surface area contributed by atoms with Gasteiger partial charge in [-0.05, 0) is 35.5 Å². The molecule has 140 valence electrons. The molecule has 0 amide bonds. The van der Waals surface area contributed by atoms with Gasteiger partial charge in [-0.15, -0.1) is 5.10 Å². The van der Waals surface area contributed by atoms with Gasteiger partial charge >= 0.3 is 0 Å². The second-order valence-electron chi connectivity index (χ2n) is 7.33. The van der Waals surface area contributed by atoms with Crippen molar-refractivity contribution in [3.63, 3.8) is 0 Å². The molecule has 0 spiro atoms. The van der Waals surface area contributed by atoms with E-state index in [0.717, 1.165) is 32.0 Å². The molecule has 0 saturated carbocycles. The van der Waals surface area contributed by atoms with Gasteiger partial charge in [0.2, 0.25) is 0 Å². The molecule has 0 bridgehead atoms. The van der Waals surface area contributed by atoms with Crippen molar-refractivity contribution in [2.75, 3.05) is 33.2 Å². The van der Waals surface area contributed by atoms with E-state index in [0.29, 0.717) is 6.54 Å². The van der Waals surface area contributed by atoms with Crippen LogP contribution in [0.15, 0.2) is 54.6 Å². The average molecular weight is 362 g/mol. The van der Waals surface area contributed by atoms with E-state index < -0.39 is 0 Å². The summed E-state index contributed by atoms with van der Waals surface area (Å²) < 4.78 is 1.94. The lowest BCUT2D eigenvalue weighted by Gasteiger charge is -2.37. The van der Waals surface area contributed by atoms with E-state index in [4.69, 9.17) is 0 Å². The number of likely N-dealkylation sites (N-methyl/N-ethyl adjacent to an activating group) is 1. The van der Waals surface area contributed by atoms with E-state index in [-0.39, 0.29) is 6.04 Å². The maximum absolute atomic E-state index is 4.45. The number of aromatic nitrogens is 4. The highest BCUT2D eigenvalue weighted by Crippen LogP contribution is 2.28. The van der Waals surface area contributed by atoms with Crippen LogP contribution >= 0.6 is 0 Å². The fourth-order valence-electron chi connectivity index (χ4n) is 3.63. The van der Waals surface area contributed by atoms with Crippen LogP contribution in [0.5, 0.6) is 0 Å². The van der Waals surface area contributed by atoms with Crippen LogP contribution in [0.2, 0.25) is 0 Å². The molecule has 27 heavy (non-hydrogen) atoms. The van der Waals surface area contributed by atoms with Crippen LogP contribution in [-0.2, 0) is 6.54 Å². The largest absolute Gasteiger partial charge is 0.304 e. The molecule has 2 heterocycles. The molecule has 2 aromatic carbocycles.